The maximum Gasteiger partial charge on any atom is 0.126 e. The average molecular weight is 261 g/mol. The van der Waals surface area contributed by atoms with E-state index in [0.717, 1.165) is 17.9 Å². The molecule has 0 radical (unpaired) electrons. The van der Waals surface area contributed by atoms with Crippen molar-refractivity contribution in [3.63, 3.8) is 0 Å². The zero-order valence-corrected chi connectivity index (χ0v) is 13.1. The van der Waals surface area contributed by atoms with Gasteiger partial charge in [-0.2, -0.15) is 0 Å². The van der Waals surface area contributed by atoms with E-state index in [-0.39, 0.29) is 5.54 Å². The van der Waals surface area contributed by atoms with Crippen molar-refractivity contribution in [2.45, 2.75) is 40.2 Å². The first kappa shape index (κ1) is 15.8. The third-order valence-electron chi connectivity index (χ3n) is 3.04. The molecule has 19 heavy (non-hydrogen) atoms. The molecule has 0 saturated heterocycles. The molecule has 0 fully saturated rings. The van der Waals surface area contributed by atoms with Crippen LogP contribution in [0.1, 0.15) is 40.2 Å². The van der Waals surface area contributed by atoms with E-state index in [1.165, 1.54) is 5.57 Å². The van der Waals surface area contributed by atoms with Crippen LogP contribution in [0, 0.1) is 5.92 Å². The van der Waals surface area contributed by atoms with E-state index in [1.54, 1.807) is 7.11 Å². The first-order chi connectivity index (χ1) is 8.83. The van der Waals surface area contributed by atoms with Gasteiger partial charge >= 0.3 is 0 Å². The molecule has 0 atom stereocenters. The molecule has 0 bridgehead atoms. The number of hydrogen-bond acceptors (Lipinski definition) is 2. The SMILES string of the molecule is COc1ccccc1C=C(CNC(C)(C)C)C(C)C. The van der Waals surface area contributed by atoms with Gasteiger partial charge in [0.15, 0.2) is 0 Å². The van der Waals surface area contributed by atoms with E-state index in [4.69, 9.17) is 4.74 Å². The highest BCUT2D eigenvalue weighted by atomic mass is 16.5. The normalized spacial score (nSPS) is 12.9. The molecule has 1 aromatic carbocycles. The highest BCUT2D eigenvalue weighted by Gasteiger charge is 2.12. The number of benzene rings is 1. The number of nitrogens with one attached hydrogen (secondary N) is 1. The summed E-state index contributed by atoms with van der Waals surface area (Å²) < 4.78 is 5.41. The molecule has 0 aliphatic rings. The van der Waals surface area contributed by atoms with Gasteiger partial charge < -0.3 is 10.1 Å². The lowest BCUT2D eigenvalue weighted by Gasteiger charge is -2.23. The van der Waals surface area contributed by atoms with Crippen LogP contribution in [0.3, 0.4) is 0 Å². The molecule has 1 N–H and O–H groups in total. The van der Waals surface area contributed by atoms with Crippen LogP contribution < -0.4 is 10.1 Å². The summed E-state index contributed by atoms with van der Waals surface area (Å²) in [4.78, 5) is 0. The molecule has 0 spiro atoms. The Bertz CT molecular complexity index is 427. The summed E-state index contributed by atoms with van der Waals surface area (Å²) in [5.41, 5.74) is 2.67. The maximum absolute atomic E-state index is 5.41. The lowest BCUT2D eigenvalue weighted by Crippen LogP contribution is -2.37. The summed E-state index contributed by atoms with van der Waals surface area (Å²) in [6.45, 7) is 11.9. The van der Waals surface area contributed by atoms with Crippen molar-refractivity contribution in [2.75, 3.05) is 13.7 Å². The number of rotatable bonds is 5. The lowest BCUT2D eigenvalue weighted by atomic mass is 9.98. The molecular weight excluding hydrogens is 234 g/mol. The van der Waals surface area contributed by atoms with Crippen LogP contribution in [0.2, 0.25) is 0 Å². The van der Waals surface area contributed by atoms with Crippen LogP contribution in [0.25, 0.3) is 6.08 Å². The number of methoxy groups -OCH3 is 1. The van der Waals surface area contributed by atoms with E-state index in [2.05, 4.69) is 52.1 Å². The molecular formula is C17H27NO. The van der Waals surface area contributed by atoms with Gasteiger partial charge in [0.05, 0.1) is 7.11 Å². The fourth-order valence-electron chi connectivity index (χ4n) is 1.77. The third-order valence-corrected chi connectivity index (χ3v) is 3.04. The predicted molar refractivity (Wildman–Crippen MR) is 83.6 cm³/mol. The van der Waals surface area contributed by atoms with Crippen LogP contribution in [-0.2, 0) is 0 Å². The largest absolute Gasteiger partial charge is 0.496 e. The fraction of sp³-hybridized carbons (Fsp3) is 0.529. The molecule has 0 amide bonds. The Morgan fingerprint density at radius 1 is 1.26 bits per heavy atom. The molecule has 1 rings (SSSR count). The van der Waals surface area contributed by atoms with Crippen molar-refractivity contribution in [3.8, 4) is 5.75 Å². The molecule has 2 heteroatoms. The minimum atomic E-state index is 0.134. The Morgan fingerprint density at radius 3 is 2.42 bits per heavy atom. The smallest absolute Gasteiger partial charge is 0.126 e. The second-order valence-electron chi connectivity index (χ2n) is 6.22. The fourth-order valence-corrected chi connectivity index (χ4v) is 1.77. The Hall–Kier alpha value is -1.28. The van der Waals surface area contributed by atoms with Crippen molar-refractivity contribution >= 4 is 6.08 Å². The van der Waals surface area contributed by atoms with E-state index in [0.29, 0.717) is 5.92 Å². The van der Waals surface area contributed by atoms with E-state index in [9.17, 15) is 0 Å². The molecule has 0 aromatic heterocycles. The van der Waals surface area contributed by atoms with Gasteiger partial charge in [-0.25, -0.2) is 0 Å². The van der Waals surface area contributed by atoms with Crippen molar-refractivity contribution in [3.05, 3.63) is 35.4 Å². The number of para-hydroxylation sites is 1. The Balaban J connectivity index is 2.95. The van der Waals surface area contributed by atoms with Gasteiger partial charge in [-0.1, -0.05) is 43.7 Å². The van der Waals surface area contributed by atoms with Gasteiger partial charge in [0.1, 0.15) is 5.75 Å². The van der Waals surface area contributed by atoms with E-state index in [1.807, 2.05) is 18.2 Å². The van der Waals surface area contributed by atoms with E-state index >= 15 is 0 Å². The zero-order valence-electron chi connectivity index (χ0n) is 13.1. The topological polar surface area (TPSA) is 21.3 Å². The van der Waals surface area contributed by atoms with Gasteiger partial charge in [-0.15, -0.1) is 0 Å². The van der Waals surface area contributed by atoms with E-state index < -0.39 is 0 Å². The van der Waals surface area contributed by atoms with Gasteiger partial charge in [0.2, 0.25) is 0 Å². The maximum atomic E-state index is 5.41. The van der Waals surface area contributed by atoms with Crippen molar-refractivity contribution < 1.29 is 4.74 Å². The number of hydrogen-bond donors (Lipinski definition) is 1. The van der Waals surface area contributed by atoms with Crippen molar-refractivity contribution in [2.24, 2.45) is 5.92 Å². The van der Waals surface area contributed by atoms with Gasteiger partial charge in [0, 0.05) is 17.6 Å². The van der Waals surface area contributed by atoms with Gasteiger partial charge in [0.25, 0.3) is 0 Å². The molecule has 0 aliphatic carbocycles. The zero-order chi connectivity index (χ0) is 14.5. The van der Waals surface area contributed by atoms with Crippen molar-refractivity contribution in [1.82, 2.24) is 5.32 Å². The lowest BCUT2D eigenvalue weighted by molar-refractivity contribution is 0.413. The minimum Gasteiger partial charge on any atom is -0.496 e. The highest BCUT2D eigenvalue weighted by Crippen LogP contribution is 2.23. The third kappa shape index (κ3) is 5.48. The van der Waals surface area contributed by atoms with Crippen LogP contribution in [0.15, 0.2) is 29.8 Å². The molecule has 0 unspecified atom stereocenters. The standard InChI is InChI=1S/C17H27NO/c1-13(2)15(12-18-17(3,4)5)11-14-9-7-8-10-16(14)19-6/h7-11,13,18H,12H2,1-6H3. The van der Waals surface area contributed by atoms with Crippen LogP contribution in [0.4, 0.5) is 0 Å². The average Bonchev–Trinajstić information content (AvgIpc) is 2.33. The monoisotopic (exact) mass is 261 g/mol. The van der Waals surface area contributed by atoms with Gasteiger partial charge in [-0.3, -0.25) is 0 Å². The van der Waals surface area contributed by atoms with Crippen LogP contribution in [-0.4, -0.2) is 19.2 Å². The molecule has 106 valence electrons. The predicted octanol–water partition coefficient (Wildman–Crippen LogP) is 4.12. The van der Waals surface area contributed by atoms with Crippen LogP contribution in [0.5, 0.6) is 5.75 Å². The number of ether oxygens (including phenoxy) is 1. The summed E-state index contributed by atoms with van der Waals surface area (Å²) in [5.74, 6) is 1.44. The van der Waals surface area contributed by atoms with Gasteiger partial charge in [-0.05, 0) is 32.8 Å². The Morgan fingerprint density at radius 2 is 1.89 bits per heavy atom. The second kappa shape index (κ2) is 6.76. The minimum absolute atomic E-state index is 0.134. The van der Waals surface area contributed by atoms with Crippen LogP contribution >= 0.6 is 0 Å². The first-order valence-electron chi connectivity index (χ1n) is 6.92. The molecule has 0 heterocycles. The molecule has 2 nitrogen and oxygen atoms in total. The highest BCUT2D eigenvalue weighted by molar-refractivity contribution is 5.60. The summed E-state index contributed by atoms with van der Waals surface area (Å²) in [5, 5.41) is 3.55. The molecule has 1 aromatic rings. The summed E-state index contributed by atoms with van der Waals surface area (Å²) in [7, 11) is 1.72. The molecule has 0 aliphatic heterocycles. The quantitative estimate of drug-likeness (QED) is 0.860. The Kier molecular flexibility index (Phi) is 5.61. The van der Waals surface area contributed by atoms with Crippen molar-refractivity contribution in [1.29, 1.82) is 0 Å². The summed E-state index contributed by atoms with van der Waals surface area (Å²) >= 11 is 0. The second-order valence-corrected chi connectivity index (χ2v) is 6.22. The summed E-state index contributed by atoms with van der Waals surface area (Å²) in [6, 6.07) is 8.14. The molecule has 0 saturated carbocycles. The first-order valence-corrected chi connectivity index (χ1v) is 6.92. The Labute approximate surface area is 117 Å². The summed E-state index contributed by atoms with van der Waals surface area (Å²) in [6.07, 6.45) is 2.24.